The number of pyridine rings is 1. The molecule has 3 N–H and O–H groups in total. The summed E-state index contributed by atoms with van der Waals surface area (Å²) in [6.45, 7) is 1.40. The minimum atomic E-state index is -0.457. The minimum absolute atomic E-state index is 0. The molecule has 8 nitrogen and oxygen atoms in total. The fourth-order valence-electron chi connectivity index (χ4n) is 3.94. The average Bonchev–Trinajstić information content (AvgIpc) is 3.09. The molecule has 11 heteroatoms. The molecule has 3 aromatic rings. The van der Waals surface area contributed by atoms with Crippen molar-refractivity contribution in [3.8, 4) is 11.3 Å². The number of piperidine rings is 1. The van der Waals surface area contributed by atoms with Crippen molar-refractivity contribution < 1.29 is 14.0 Å². The highest BCUT2D eigenvalue weighted by molar-refractivity contribution is 8.18. The van der Waals surface area contributed by atoms with Crippen molar-refractivity contribution in [2.24, 2.45) is 5.73 Å². The van der Waals surface area contributed by atoms with E-state index in [4.69, 9.17) is 5.73 Å². The molecule has 0 aliphatic carbocycles. The van der Waals surface area contributed by atoms with Crippen molar-refractivity contribution in [1.29, 1.82) is 0 Å². The number of hydrogen-bond acceptors (Lipinski definition) is 8. The highest BCUT2D eigenvalue weighted by Gasteiger charge is 2.25. The summed E-state index contributed by atoms with van der Waals surface area (Å²) in [6, 6.07) is 8.49. The molecule has 2 aliphatic heterocycles. The molecule has 2 aromatic heterocycles. The molecule has 1 atom stereocenters. The second kappa shape index (κ2) is 9.42. The Labute approximate surface area is 199 Å². The van der Waals surface area contributed by atoms with E-state index in [2.05, 4.69) is 20.3 Å². The van der Waals surface area contributed by atoms with Crippen LogP contribution in [0.1, 0.15) is 18.5 Å². The van der Waals surface area contributed by atoms with E-state index in [1.54, 1.807) is 18.2 Å². The number of benzene rings is 1. The van der Waals surface area contributed by atoms with Crippen LogP contribution in [0.25, 0.3) is 28.4 Å². The molecule has 0 radical (unpaired) electrons. The number of carbonyl (C=O) groups is 2. The molecule has 33 heavy (non-hydrogen) atoms. The normalized spacial score (nSPS) is 19.6. The fraction of sp³-hybridized carbons (Fsp3) is 0.227. The first-order valence-corrected chi connectivity index (χ1v) is 11.0. The molecule has 2 saturated heterocycles. The van der Waals surface area contributed by atoms with Gasteiger partial charge in [0.15, 0.2) is 0 Å². The third-order valence-corrected chi connectivity index (χ3v) is 6.25. The second-order valence-electron chi connectivity index (χ2n) is 7.69. The van der Waals surface area contributed by atoms with Gasteiger partial charge in [0, 0.05) is 24.7 Å². The third-order valence-electron chi connectivity index (χ3n) is 5.44. The molecule has 0 spiro atoms. The maximum Gasteiger partial charge on any atom is 0.290 e. The van der Waals surface area contributed by atoms with Crippen LogP contribution < -0.4 is 16.0 Å². The Morgan fingerprint density at radius 3 is 2.79 bits per heavy atom. The van der Waals surface area contributed by atoms with Gasteiger partial charge >= 0.3 is 0 Å². The first kappa shape index (κ1) is 23.1. The molecule has 2 fully saturated rings. The van der Waals surface area contributed by atoms with Crippen LogP contribution in [0.3, 0.4) is 0 Å². The molecular weight excluding hydrogens is 467 g/mol. The Balaban J connectivity index is 0.00000259. The van der Waals surface area contributed by atoms with Crippen LogP contribution in [-0.2, 0) is 4.79 Å². The number of nitrogens with two attached hydrogens (primary N) is 1. The Hall–Kier alpha value is -3.08. The summed E-state index contributed by atoms with van der Waals surface area (Å²) in [7, 11) is 0. The number of anilines is 1. The summed E-state index contributed by atoms with van der Waals surface area (Å²) in [5.41, 5.74) is 9.15. The van der Waals surface area contributed by atoms with E-state index in [0.29, 0.717) is 40.2 Å². The highest BCUT2D eigenvalue weighted by atomic mass is 35.5. The number of hydrogen-bond donors (Lipinski definition) is 2. The number of amides is 2. The largest absolute Gasteiger partial charge is 0.368 e. The van der Waals surface area contributed by atoms with Gasteiger partial charge in [-0.05, 0) is 54.9 Å². The molecule has 0 bridgehead atoms. The molecule has 1 aromatic carbocycles. The van der Waals surface area contributed by atoms with Crippen molar-refractivity contribution in [3.05, 3.63) is 53.1 Å². The lowest BCUT2D eigenvalue weighted by Gasteiger charge is -2.32. The van der Waals surface area contributed by atoms with Gasteiger partial charge in [-0.25, -0.2) is 19.3 Å². The van der Waals surface area contributed by atoms with E-state index >= 15 is 4.39 Å². The number of carbonyl (C=O) groups excluding carboxylic acids is 2. The quantitative estimate of drug-likeness (QED) is 0.540. The second-order valence-corrected chi connectivity index (χ2v) is 8.71. The summed E-state index contributed by atoms with van der Waals surface area (Å²) in [6.07, 6.45) is 4.82. The Bertz CT molecular complexity index is 1290. The van der Waals surface area contributed by atoms with Crippen molar-refractivity contribution in [2.75, 3.05) is 18.0 Å². The lowest BCUT2D eigenvalue weighted by Crippen LogP contribution is -2.43. The number of nitrogens with one attached hydrogen (secondary N) is 1. The molecule has 2 aliphatic rings. The maximum atomic E-state index is 15.0. The monoisotopic (exact) mass is 486 g/mol. The summed E-state index contributed by atoms with van der Waals surface area (Å²) in [5, 5.41) is 1.79. The van der Waals surface area contributed by atoms with Crippen molar-refractivity contribution in [1.82, 2.24) is 20.3 Å². The van der Waals surface area contributed by atoms with Gasteiger partial charge < -0.3 is 10.6 Å². The number of rotatable bonds is 3. The van der Waals surface area contributed by atoms with Crippen molar-refractivity contribution in [2.45, 2.75) is 18.9 Å². The van der Waals surface area contributed by atoms with Gasteiger partial charge in [0.25, 0.3) is 11.1 Å². The van der Waals surface area contributed by atoms with Gasteiger partial charge in [-0.1, -0.05) is 6.07 Å². The van der Waals surface area contributed by atoms with E-state index in [9.17, 15) is 9.59 Å². The predicted molar refractivity (Wildman–Crippen MR) is 129 cm³/mol. The Morgan fingerprint density at radius 2 is 2.06 bits per heavy atom. The zero-order valence-electron chi connectivity index (χ0n) is 17.3. The predicted octanol–water partition coefficient (Wildman–Crippen LogP) is 3.50. The third kappa shape index (κ3) is 4.68. The van der Waals surface area contributed by atoms with Crippen LogP contribution in [-0.4, -0.2) is 45.2 Å². The van der Waals surface area contributed by atoms with Crippen molar-refractivity contribution >= 4 is 58.1 Å². The highest BCUT2D eigenvalue weighted by Crippen LogP contribution is 2.31. The van der Waals surface area contributed by atoms with E-state index in [0.717, 1.165) is 31.1 Å². The van der Waals surface area contributed by atoms with E-state index in [1.807, 2.05) is 11.0 Å². The molecule has 5 rings (SSSR count). The van der Waals surface area contributed by atoms with Crippen LogP contribution in [0.4, 0.5) is 14.9 Å². The summed E-state index contributed by atoms with van der Waals surface area (Å²) in [5.74, 6) is -0.805. The standard InChI is InChI=1S/C22H19FN6O2S.ClH/c23-15-8-12(3-6-17(15)29-7-1-2-13(24)10-29)19-20-16(25-11-26-19)5-4-14(27-20)9-18-21(30)28-22(31)32-18;/h3-6,8-9,11,13H,1-2,7,10,24H2,(H,28,30,31);1H/t13-;/m1./s1. The molecule has 0 saturated carbocycles. The number of aromatic nitrogens is 3. The molecule has 2 amide bonds. The van der Waals surface area contributed by atoms with Gasteiger partial charge in [0.05, 0.1) is 21.8 Å². The number of halogens is 2. The SMILES string of the molecule is Cl.N[C@@H]1CCCN(c2ccc(-c3ncnc4ccc(C=C5SC(=O)NC5=O)nc34)cc2F)C1. The lowest BCUT2D eigenvalue weighted by atomic mass is 10.0. The van der Waals surface area contributed by atoms with Gasteiger partial charge in [-0.2, -0.15) is 0 Å². The Morgan fingerprint density at radius 1 is 1.21 bits per heavy atom. The Kier molecular flexibility index (Phi) is 6.59. The number of fused-ring (bicyclic) bond motifs is 1. The first-order chi connectivity index (χ1) is 15.5. The lowest BCUT2D eigenvalue weighted by molar-refractivity contribution is -0.115. The van der Waals surface area contributed by atoms with Gasteiger partial charge in [-0.3, -0.25) is 14.9 Å². The smallest absolute Gasteiger partial charge is 0.290 e. The molecule has 4 heterocycles. The van der Waals surface area contributed by atoms with Crippen LogP contribution in [0.15, 0.2) is 41.6 Å². The van der Waals surface area contributed by atoms with Gasteiger partial charge in [0.1, 0.15) is 23.4 Å². The number of thioether (sulfide) groups is 1. The zero-order chi connectivity index (χ0) is 22.2. The van der Waals surface area contributed by atoms with Crippen LogP contribution in [0.2, 0.25) is 0 Å². The van der Waals surface area contributed by atoms with E-state index in [1.165, 1.54) is 18.5 Å². The molecular formula is C22H20ClFN6O2S. The maximum absolute atomic E-state index is 15.0. The van der Waals surface area contributed by atoms with Crippen molar-refractivity contribution in [3.63, 3.8) is 0 Å². The topological polar surface area (TPSA) is 114 Å². The van der Waals surface area contributed by atoms with E-state index in [-0.39, 0.29) is 29.2 Å². The number of nitrogens with zero attached hydrogens (tertiary/aromatic N) is 4. The molecule has 0 unspecified atom stereocenters. The fourth-order valence-corrected chi connectivity index (χ4v) is 4.61. The van der Waals surface area contributed by atoms with Crippen LogP contribution in [0.5, 0.6) is 0 Å². The summed E-state index contributed by atoms with van der Waals surface area (Å²) >= 11 is 0.819. The van der Waals surface area contributed by atoms with Gasteiger partial charge in [-0.15, -0.1) is 12.4 Å². The van der Waals surface area contributed by atoms with Crippen LogP contribution in [0, 0.1) is 5.82 Å². The summed E-state index contributed by atoms with van der Waals surface area (Å²) < 4.78 is 15.0. The zero-order valence-corrected chi connectivity index (χ0v) is 19.0. The molecule has 170 valence electrons. The van der Waals surface area contributed by atoms with E-state index < -0.39 is 11.1 Å². The summed E-state index contributed by atoms with van der Waals surface area (Å²) in [4.78, 5) is 38.6. The first-order valence-electron chi connectivity index (χ1n) is 10.1. The van der Waals surface area contributed by atoms with Crippen LogP contribution >= 0.6 is 24.2 Å². The average molecular weight is 487 g/mol. The number of imide groups is 1. The van der Waals surface area contributed by atoms with Gasteiger partial charge in [0.2, 0.25) is 0 Å². The minimum Gasteiger partial charge on any atom is -0.368 e.